The molecule has 2 aromatic rings. The van der Waals surface area contributed by atoms with Gasteiger partial charge in [0.15, 0.2) is 5.01 Å². The molecule has 0 amide bonds. The molecular formula is C11H8FNOS. The summed E-state index contributed by atoms with van der Waals surface area (Å²) in [4.78, 5) is 15.7. The third-order valence-corrected chi connectivity index (χ3v) is 2.70. The number of hydrogen-bond donors (Lipinski definition) is 0. The number of nitrogens with zero attached hydrogens (tertiary/aromatic N) is 1. The van der Waals surface area contributed by atoms with Crippen molar-refractivity contribution in [2.45, 2.75) is 6.92 Å². The number of ketones is 1. The summed E-state index contributed by atoms with van der Waals surface area (Å²) in [7, 11) is 0. The maximum Gasteiger partial charge on any atom is 0.221 e. The lowest BCUT2D eigenvalue weighted by Crippen LogP contribution is -2.01. The molecule has 76 valence electrons. The summed E-state index contributed by atoms with van der Waals surface area (Å²) in [6, 6.07) is 4.28. The van der Waals surface area contributed by atoms with Crippen molar-refractivity contribution in [1.82, 2.24) is 4.98 Å². The summed E-state index contributed by atoms with van der Waals surface area (Å²) in [6.07, 6.45) is 1.56. The average molecular weight is 221 g/mol. The van der Waals surface area contributed by atoms with E-state index in [9.17, 15) is 9.18 Å². The minimum absolute atomic E-state index is 0.229. The molecule has 0 saturated carbocycles. The van der Waals surface area contributed by atoms with Crippen molar-refractivity contribution in [3.8, 4) is 0 Å². The normalized spacial score (nSPS) is 10.3. The van der Waals surface area contributed by atoms with Crippen molar-refractivity contribution in [1.29, 1.82) is 0 Å². The molecule has 1 aromatic heterocycles. The largest absolute Gasteiger partial charge is 0.286 e. The Morgan fingerprint density at radius 1 is 1.40 bits per heavy atom. The monoisotopic (exact) mass is 221 g/mol. The molecule has 0 bridgehead atoms. The van der Waals surface area contributed by atoms with Gasteiger partial charge in [0.1, 0.15) is 5.82 Å². The van der Waals surface area contributed by atoms with Gasteiger partial charge in [-0.2, -0.15) is 0 Å². The molecule has 2 nitrogen and oxygen atoms in total. The van der Waals surface area contributed by atoms with Gasteiger partial charge in [-0.05, 0) is 30.7 Å². The Morgan fingerprint density at radius 3 is 2.80 bits per heavy atom. The SMILES string of the molecule is Cc1cc(F)cc(C(=O)c2nccs2)c1. The van der Waals surface area contributed by atoms with Crippen molar-refractivity contribution in [2.24, 2.45) is 0 Å². The Labute approximate surface area is 90.4 Å². The van der Waals surface area contributed by atoms with Crippen LogP contribution in [-0.4, -0.2) is 10.8 Å². The topological polar surface area (TPSA) is 30.0 Å². The minimum atomic E-state index is -0.394. The first kappa shape index (κ1) is 9.98. The molecule has 0 aliphatic heterocycles. The van der Waals surface area contributed by atoms with Gasteiger partial charge in [-0.25, -0.2) is 9.37 Å². The Bertz CT molecular complexity index is 473. The molecule has 1 aromatic carbocycles. The van der Waals surface area contributed by atoms with E-state index in [1.165, 1.54) is 23.5 Å². The number of carbonyl (C=O) groups excluding carboxylic acids is 1. The predicted octanol–water partition coefficient (Wildman–Crippen LogP) is 2.82. The minimum Gasteiger partial charge on any atom is -0.286 e. The van der Waals surface area contributed by atoms with E-state index in [-0.39, 0.29) is 5.78 Å². The van der Waals surface area contributed by atoms with Crippen LogP contribution in [0.3, 0.4) is 0 Å². The molecule has 0 N–H and O–H groups in total. The van der Waals surface area contributed by atoms with Gasteiger partial charge in [-0.3, -0.25) is 4.79 Å². The van der Waals surface area contributed by atoms with Crippen molar-refractivity contribution in [3.63, 3.8) is 0 Å². The first-order chi connectivity index (χ1) is 7.16. The highest BCUT2D eigenvalue weighted by atomic mass is 32.1. The van der Waals surface area contributed by atoms with Crippen molar-refractivity contribution in [3.05, 3.63) is 51.7 Å². The Morgan fingerprint density at radius 2 is 2.20 bits per heavy atom. The highest BCUT2D eigenvalue weighted by Crippen LogP contribution is 2.15. The number of thiazole rings is 1. The van der Waals surface area contributed by atoms with Gasteiger partial charge in [-0.1, -0.05) is 0 Å². The molecule has 2 rings (SSSR count). The zero-order chi connectivity index (χ0) is 10.8. The van der Waals surface area contributed by atoms with Crippen LogP contribution in [0.5, 0.6) is 0 Å². The number of aryl methyl sites for hydroxylation is 1. The van der Waals surface area contributed by atoms with E-state index in [1.807, 2.05) is 0 Å². The van der Waals surface area contributed by atoms with Crippen molar-refractivity contribution < 1.29 is 9.18 Å². The molecule has 4 heteroatoms. The highest BCUT2D eigenvalue weighted by molar-refractivity contribution is 7.11. The molecule has 0 unspecified atom stereocenters. The molecule has 0 fully saturated rings. The fourth-order valence-corrected chi connectivity index (χ4v) is 1.92. The lowest BCUT2D eigenvalue weighted by molar-refractivity contribution is 0.103. The van der Waals surface area contributed by atoms with Gasteiger partial charge in [0.25, 0.3) is 0 Å². The fraction of sp³-hybridized carbons (Fsp3) is 0.0909. The van der Waals surface area contributed by atoms with Crippen LogP contribution in [0.1, 0.15) is 20.9 Å². The molecule has 0 atom stereocenters. The molecule has 0 aliphatic rings. The summed E-state index contributed by atoms with van der Waals surface area (Å²) in [5.74, 6) is -0.623. The lowest BCUT2D eigenvalue weighted by atomic mass is 10.1. The summed E-state index contributed by atoms with van der Waals surface area (Å²) in [5, 5.41) is 2.11. The van der Waals surface area contributed by atoms with E-state index < -0.39 is 5.82 Å². The Balaban J connectivity index is 2.42. The second kappa shape index (κ2) is 3.90. The predicted molar refractivity (Wildman–Crippen MR) is 56.7 cm³/mol. The van der Waals surface area contributed by atoms with Crippen LogP contribution < -0.4 is 0 Å². The van der Waals surface area contributed by atoms with Crippen LogP contribution in [0.15, 0.2) is 29.8 Å². The zero-order valence-corrected chi connectivity index (χ0v) is 8.84. The molecule has 0 spiro atoms. The van der Waals surface area contributed by atoms with Crippen LogP contribution in [0, 0.1) is 12.7 Å². The van der Waals surface area contributed by atoms with Crippen molar-refractivity contribution in [2.75, 3.05) is 0 Å². The van der Waals surface area contributed by atoms with Crippen molar-refractivity contribution >= 4 is 17.1 Å². The van der Waals surface area contributed by atoms with Gasteiger partial charge < -0.3 is 0 Å². The summed E-state index contributed by atoms with van der Waals surface area (Å²) >= 11 is 1.25. The van der Waals surface area contributed by atoms with Gasteiger partial charge in [0.05, 0.1) is 0 Å². The Kier molecular flexibility index (Phi) is 2.60. The number of hydrogen-bond acceptors (Lipinski definition) is 3. The van der Waals surface area contributed by atoms with Gasteiger partial charge in [-0.15, -0.1) is 11.3 Å². The first-order valence-electron chi connectivity index (χ1n) is 4.38. The molecule has 15 heavy (non-hydrogen) atoms. The van der Waals surface area contributed by atoms with Gasteiger partial charge in [0, 0.05) is 17.1 Å². The molecule has 1 heterocycles. The average Bonchev–Trinajstić information content (AvgIpc) is 2.67. The van der Waals surface area contributed by atoms with E-state index >= 15 is 0 Å². The number of carbonyl (C=O) groups is 1. The molecule has 0 aliphatic carbocycles. The quantitative estimate of drug-likeness (QED) is 0.730. The lowest BCUT2D eigenvalue weighted by Gasteiger charge is -1.99. The van der Waals surface area contributed by atoms with Crippen LogP contribution in [-0.2, 0) is 0 Å². The fourth-order valence-electron chi connectivity index (χ4n) is 1.33. The van der Waals surface area contributed by atoms with E-state index in [0.717, 1.165) is 5.56 Å². The maximum atomic E-state index is 13.1. The molecular weight excluding hydrogens is 213 g/mol. The van der Waals surface area contributed by atoms with E-state index in [0.29, 0.717) is 10.6 Å². The molecule has 0 radical (unpaired) electrons. The molecule has 0 saturated heterocycles. The van der Waals surface area contributed by atoms with Crippen LogP contribution >= 0.6 is 11.3 Å². The zero-order valence-electron chi connectivity index (χ0n) is 8.03. The second-order valence-electron chi connectivity index (χ2n) is 3.18. The summed E-state index contributed by atoms with van der Waals surface area (Å²) in [6.45, 7) is 1.75. The second-order valence-corrected chi connectivity index (χ2v) is 4.08. The number of halogens is 1. The van der Waals surface area contributed by atoms with Crippen LogP contribution in [0.4, 0.5) is 4.39 Å². The van der Waals surface area contributed by atoms with Crippen LogP contribution in [0.2, 0.25) is 0 Å². The van der Waals surface area contributed by atoms with E-state index in [2.05, 4.69) is 4.98 Å². The maximum absolute atomic E-state index is 13.1. The van der Waals surface area contributed by atoms with E-state index in [1.54, 1.807) is 24.6 Å². The van der Waals surface area contributed by atoms with Gasteiger partial charge in [0.2, 0.25) is 5.78 Å². The standard InChI is InChI=1S/C11H8FNOS/c1-7-4-8(6-9(12)5-7)10(14)11-13-2-3-15-11/h2-6H,1H3. The third kappa shape index (κ3) is 2.10. The van der Waals surface area contributed by atoms with Crippen LogP contribution in [0.25, 0.3) is 0 Å². The number of rotatable bonds is 2. The highest BCUT2D eigenvalue weighted by Gasteiger charge is 2.12. The third-order valence-electron chi connectivity index (χ3n) is 1.93. The number of benzene rings is 1. The number of aromatic nitrogens is 1. The van der Waals surface area contributed by atoms with E-state index in [4.69, 9.17) is 0 Å². The first-order valence-corrected chi connectivity index (χ1v) is 5.26. The summed E-state index contributed by atoms with van der Waals surface area (Å²) < 4.78 is 13.1. The smallest absolute Gasteiger partial charge is 0.221 e. The summed E-state index contributed by atoms with van der Waals surface area (Å²) in [5.41, 5.74) is 1.08. The van der Waals surface area contributed by atoms with Gasteiger partial charge >= 0.3 is 0 Å². The Hall–Kier alpha value is -1.55.